The molecular weight excluding hydrogens is 148 g/mol. The Kier molecular flexibility index (Phi) is 3.13. The predicted octanol–water partition coefficient (Wildman–Crippen LogP) is 1.33. The normalized spacial score (nSPS) is 29.5. The van der Waals surface area contributed by atoms with Crippen LogP contribution in [0.3, 0.4) is 0 Å². The van der Waals surface area contributed by atoms with E-state index in [2.05, 4.69) is 31.0 Å². The van der Waals surface area contributed by atoms with Gasteiger partial charge in [-0.05, 0) is 46.3 Å². The number of nitrogens with zero attached hydrogens (tertiary/aromatic N) is 1. The Labute approximate surface area is 76.3 Å². The van der Waals surface area contributed by atoms with Gasteiger partial charge < -0.3 is 5.32 Å². The first-order chi connectivity index (χ1) is 5.60. The van der Waals surface area contributed by atoms with E-state index in [-0.39, 0.29) is 0 Å². The van der Waals surface area contributed by atoms with E-state index in [9.17, 15) is 0 Å². The summed E-state index contributed by atoms with van der Waals surface area (Å²) >= 11 is 0. The summed E-state index contributed by atoms with van der Waals surface area (Å²) in [5.41, 5.74) is 0.427. The Morgan fingerprint density at radius 1 is 1.50 bits per heavy atom. The maximum atomic E-state index is 3.27. The fourth-order valence-electron chi connectivity index (χ4n) is 2.44. The second kappa shape index (κ2) is 3.75. The van der Waals surface area contributed by atoms with E-state index in [0.29, 0.717) is 5.54 Å². The molecule has 1 N–H and O–H groups in total. The van der Waals surface area contributed by atoms with Gasteiger partial charge in [0.25, 0.3) is 0 Å². The van der Waals surface area contributed by atoms with E-state index in [0.717, 1.165) is 5.92 Å². The molecule has 2 heteroatoms. The van der Waals surface area contributed by atoms with Crippen LogP contribution in [-0.2, 0) is 0 Å². The lowest BCUT2D eigenvalue weighted by atomic mass is 9.96. The van der Waals surface area contributed by atoms with Crippen LogP contribution in [-0.4, -0.2) is 37.1 Å². The maximum absolute atomic E-state index is 3.27. The number of hydrogen-bond donors (Lipinski definition) is 1. The zero-order chi connectivity index (χ0) is 9.19. The summed E-state index contributed by atoms with van der Waals surface area (Å²) in [6, 6.07) is 0. The van der Waals surface area contributed by atoms with Crippen molar-refractivity contribution in [2.75, 3.05) is 26.7 Å². The standard InChI is InChI=1S/C10H22N2/c1-5-12-8-9(7-11-4)6-10(12,2)3/h9,11H,5-8H2,1-4H3. The fraction of sp³-hybridized carbons (Fsp3) is 1.00. The van der Waals surface area contributed by atoms with E-state index in [1.54, 1.807) is 0 Å². The van der Waals surface area contributed by atoms with E-state index in [4.69, 9.17) is 0 Å². The van der Waals surface area contributed by atoms with Crippen molar-refractivity contribution in [3.8, 4) is 0 Å². The fourth-order valence-corrected chi connectivity index (χ4v) is 2.44. The zero-order valence-electron chi connectivity index (χ0n) is 8.85. The molecule has 0 saturated carbocycles. The molecule has 0 amide bonds. The molecule has 0 aromatic carbocycles. The molecule has 0 aliphatic carbocycles. The van der Waals surface area contributed by atoms with Gasteiger partial charge in [-0.2, -0.15) is 0 Å². The van der Waals surface area contributed by atoms with E-state index in [1.165, 1.54) is 26.1 Å². The molecule has 0 aromatic rings. The summed E-state index contributed by atoms with van der Waals surface area (Å²) in [6.45, 7) is 10.6. The van der Waals surface area contributed by atoms with Crippen LogP contribution in [0.4, 0.5) is 0 Å². The molecule has 1 unspecified atom stereocenters. The number of rotatable bonds is 3. The molecule has 1 aliphatic rings. The van der Waals surface area contributed by atoms with Crippen LogP contribution < -0.4 is 5.32 Å². The molecule has 1 saturated heterocycles. The monoisotopic (exact) mass is 170 g/mol. The van der Waals surface area contributed by atoms with Crippen LogP contribution in [0.1, 0.15) is 27.2 Å². The van der Waals surface area contributed by atoms with E-state index < -0.39 is 0 Å². The summed E-state index contributed by atoms with van der Waals surface area (Å²) < 4.78 is 0. The molecule has 12 heavy (non-hydrogen) atoms. The van der Waals surface area contributed by atoms with Gasteiger partial charge in [-0.1, -0.05) is 6.92 Å². The third-order valence-corrected chi connectivity index (χ3v) is 3.00. The van der Waals surface area contributed by atoms with Gasteiger partial charge in [-0.3, -0.25) is 4.90 Å². The first kappa shape index (κ1) is 10.0. The average Bonchev–Trinajstić information content (AvgIpc) is 2.25. The third kappa shape index (κ3) is 1.99. The summed E-state index contributed by atoms with van der Waals surface area (Å²) in [5.74, 6) is 0.852. The molecule has 1 fully saturated rings. The van der Waals surface area contributed by atoms with Crippen LogP contribution in [0.25, 0.3) is 0 Å². The SMILES string of the molecule is CCN1CC(CNC)CC1(C)C. The molecule has 72 valence electrons. The van der Waals surface area contributed by atoms with Crippen molar-refractivity contribution in [1.29, 1.82) is 0 Å². The Morgan fingerprint density at radius 3 is 2.58 bits per heavy atom. The lowest BCUT2D eigenvalue weighted by molar-refractivity contribution is 0.184. The second-order valence-electron chi connectivity index (χ2n) is 4.48. The van der Waals surface area contributed by atoms with Crippen LogP contribution in [0, 0.1) is 5.92 Å². The van der Waals surface area contributed by atoms with Crippen molar-refractivity contribution >= 4 is 0 Å². The van der Waals surface area contributed by atoms with Gasteiger partial charge >= 0.3 is 0 Å². The van der Waals surface area contributed by atoms with Crippen molar-refractivity contribution in [2.24, 2.45) is 5.92 Å². The Morgan fingerprint density at radius 2 is 2.17 bits per heavy atom. The number of hydrogen-bond acceptors (Lipinski definition) is 2. The van der Waals surface area contributed by atoms with Gasteiger partial charge in [0.05, 0.1) is 0 Å². The minimum absolute atomic E-state index is 0.427. The summed E-state index contributed by atoms with van der Waals surface area (Å²) in [6.07, 6.45) is 1.34. The van der Waals surface area contributed by atoms with Gasteiger partial charge in [0, 0.05) is 12.1 Å². The first-order valence-corrected chi connectivity index (χ1v) is 5.00. The zero-order valence-corrected chi connectivity index (χ0v) is 8.85. The smallest absolute Gasteiger partial charge is 0.0156 e. The van der Waals surface area contributed by atoms with E-state index in [1.807, 2.05) is 7.05 Å². The topological polar surface area (TPSA) is 15.3 Å². The predicted molar refractivity (Wildman–Crippen MR) is 53.4 cm³/mol. The molecule has 0 radical (unpaired) electrons. The molecule has 0 bridgehead atoms. The quantitative estimate of drug-likeness (QED) is 0.687. The summed E-state index contributed by atoms with van der Waals surface area (Å²) in [7, 11) is 2.04. The minimum Gasteiger partial charge on any atom is -0.319 e. The highest BCUT2D eigenvalue weighted by atomic mass is 15.2. The maximum Gasteiger partial charge on any atom is 0.0156 e. The molecule has 0 aromatic heterocycles. The second-order valence-corrected chi connectivity index (χ2v) is 4.48. The largest absolute Gasteiger partial charge is 0.319 e. The van der Waals surface area contributed by atoms with Gasteiger partial charge in [0.15, 0.2) is 0 Å². The molecule has 1 rings (SSSR count). The first-order valence-electron chi connectivity index (χ1n) is 5.00. The van der Waals surface area contributed by atoms with Crippen LogP contribution in [0.15, 0.2) is 0 Å². The average molecular weight is 170 g/mol. The lowest BCUT2D eigenvalue weighted by Crippen LogP contribution is -2.37. The van der Waals surface area contributed by atoms with Crippen molar-refractivity contribution in [2.45, 2.75) is 32.7 Å². The van der Waals surface area contributed by atoms with Crippen LogP contribution in [0.5, 0.6) is 0 Å². The Hall–Kier alpha value is -0.0800. The molecule has 1 atom stereocenters. The van der Waals surface area contributed by atoms with Crippen molar-refractivity contribution in [1.82, 2.24) is 10.2 Å². The Balaban J connectivity index is 2.48. The highest BCUT2D eigenvalue weighted by molar-refractivity contribution is 4.92. The van der Waals surface area contributed by atoms with Crippen LogP contribution in [0.2, 0.25) is 0 Å². The summed E-state index contributed by atoms with van der Waals surface area (Å²) in [5, 5.41) is 3.27. The van der Waals surface area contributed by atoms with Crippen molar-refractivity contribution in [3.63, 3.8) is 0 Å². The highest BCUT2D eigenvalue weighted by Crippen LogP contribution is 2.31. The number of nitrogens with one attached hydrogen (secondary N) is 1. The molecule has 1 aliphatic heterocycles. The molecule has 0 spiro atoms. The van der Waals surface area contributed by atoms with Crippen molar-refractivity contribution < 1.29 is 0 Å². The third-order valence-electron chi connectivity index (χ3n) is 3.00. The highest BCUT2D eigenvalue weighted by Gasteiger charge is 2.36. The van der Waals surface area contributed by atoms with Gasteiger partial charge in [-0.25, -0.2) is 0 Å². The van der Waals surface area contributed by atoms with Crippen LogP contribution >= 0.6 is 0 Å². The lowest BCUT2D eigenvalue weighted by Gasteiger charge is -2.29. The van der Waals surface area contributed by atoms with E-state index >= 15 is 0 Å². The number of likely N-dealkylation sites (tertiary alicyclic amines) is 1. The molecule has 2 nitrogen and oxygen atoms in total. The summed E-state index contributed by atoms with van der Waals surface area (Å²) in [4.78, 5) is 2.58. The van der Waals surface area contributed by atoms with Gasteiger partial charge in [0.2, 0.25) is 0 Å². The van der Waals surface area contributed by atoms with Crippen molar-refractivity contribution in [3.05, 3.63) is 0 Å². The van der Waals surface area contributed by atoms with Gasteiger partial charge in [0.1, 0.15) is 0 Å². The van der Waals surface area contributed by atoms with Gasteiger partial charge in [-0.15, -0.1) is 0 Å². The molecular formula is C10H22N2. The Bertz CT molecular complexity index is 143. The minimum atomic E-state index is 0.427. The molecule has 1 heterocycles.